The van der Waals surface area contributed by atoms with Crippen molar-refractivity contribution in [2.75, 3.05) is 5.32 Å². The third kappa shape index (κ3) is 8.03. The van der Waals surface area contributed by atoms with Gasteiger partial charge >= 0.3 is 0 Å². The third-order valence-corrected chi connectivity index (χ3v) is 6.94. The van der Waals surface area contributed by atoms with Gasteiger partial charge in [0.2, 0.25) is 21.8 Å². The van der Waals surface area contributed by atoms with E-state index in [2.05, 4.69) is 10.0 Å². The van der Waals surface area contributed by atoms with Crippen molar-refractivity contribution in [2.24, 2.45) is 0 Å². The summed E-state index contributed by atoms with van der Waals surface area (Å²) in [6.45, 7) is 0. The average Bonchev–Trinajstić information content (AvgIpc) is 2.88. The zero-order valence-electron chi connectivity index (χ0n) is 19.2. The fourth-order valence-electron chi connectivity index (χ4n) is 3.57. The smallest absolute Gasteiger partial charge is 0.243 e. The number of para-hydroxylation sites is 1. The Kier molecular flexibility index (Phi) is 9.54. The normalized spacial score (nSPS) is 12.0. The second-order valence-electron chi connectivity index (χ2n) is 8.05. The highest BCUT2D eigenvalue weighted by molar-refractivity contribution is 7.89. The lowest BCUT2D eigenvalue weighted by Crippen LogP contribution is -2.43. The van der Waals surface area contributed by atoms with Crippen LogP contribution in [0.1, 0.15) is 32.1 Å². The fourth-order valence-corrected chi connectivity index (χ4v) is 4.80. The van der Waals surface area contributed by atoms with Crippen LogP contribution in [0.25, 0.3) is 11.1 Å². The molecule has 0 aliphatic carbocycles. The van der Waals surface area contributed by atoms with E-state index in [0.29, 0.717) is 24.9 Å². The molecule has 0 saturated carbocycles. The maximum Gasteiger partial charge on any atom is 0.243 e. The highest BCUT2D eigenvalue weighted by Crippen LogP contribution is 2.21. The predicted octanol–water partition coefficient (Wildman–Crippen LogP) is 4.10. The lowest BCUT2D eigenvalue weighted by atomic mass is 10.1. The number of hydrogen-bond acceptors (Lipinski definition) is 5. The second-order valence-corrected chi connectivity index (χ2v) is 9.77. The minimum atomic E-state index is -3.96. The Morgan fingerprint density at radius 1 is 0.771 bits per heavy atom. The molecule has 3 aromatic rings. The van der Waals surface area contributed by atoms with Crippen LogP contribution in [-0.4, -0.2) is 31.5 Å². The predicted molar refractivity (Wildman–Crippen MR) is 134 cm³/mol. The summed E-state index contributed by atoms with van der Waals surface area (Å²) in [6.07, 6.45) is 2.02. The number of hydrogen-bond donors (Lipinski definition) is 4. The van der Waals surface area contributed by atoms with Crippen LogP contribution in [0, 0.1) is 0 Å². The molecule has 0 unspecified atom stereocenters. The molecule has 0 spiro atoms. The van der Waals surface area contributed by atoms with Gasteiger partial charge in [-0.05, 0) is 48.2 Å². The van der Waals surface area contributed by atoms with Crippen molar-refractivity contribution >= 4 is 27.5 Å². The lowest BCUT2D eigenvalue weighted by Gasteiger charge is -2.19. The third-order valence-electron chi connectivity index (χ3n) is 5.45. The molecule has 0 bridgehead atoms. The van der Waals surface area contributed by atoms with Crippen molar-refractivity contribution in [3.63, 3.8) is 0 Å². The Morgan fingerprint density at radius 3 is 2.00 bits per heavy atom. The molecule has 1 atom stereocenters. The number of unbranched alkanes of at least 4 members (excludes halogenated alkanes) is 2. The number of hydroxylamine groups is 1. The highest BCUT2D eigenvalue weighted by Gasteiger charge is 2.25. The molecule has 0 radical (unpaired) electrons. The number of amides is 2. The Balaban J connectivity index is 1.70. The quantitative estimate of drug-likeness (QED) is 0.171. The Labute approximate surface area is 205 Å². The van der Waals surface area contributed by atoms with Crippen LogP contribution in [-0.2, 0) is 19.6 Å². The van der Waals surface area contributed by atoms with Crippen LogP contribution in [0.5, 0.6) is 0 Å². The minimum Gasteiger partial charge on any atom is -0.325 e. The van der Waals surface area contributed by atoms with Gasteiger partial charge < -0.3 is 5.32 Å². The molecule has 3 aromatic carbocycles. The maximum atomic E-state index is 13.1. The van der Waals surface area contributed by atoms with Crippen molar-refractivity contribution in [3.8, 4) is 11.1 Å². The summed E-state index contributed by atoms with van der Waals surface area (Å²) in [5.41, 5.74) is 4.00. The minimum absolute atomic E-state index is 0.0642. The molecule has 2 amide bonds. The standard InChI is InChI=1S/C26H29N3O5S/c30-25(28-32)15-9-3-8-14-24(26(31)27-22-12-6-2-7-13-22)29-35(33,34)23-18-16-21(17-19-23)20-10-4-1-5-11-20/h1-2,4-7,10-13,16-19,24,29,32H,3,8-9,14-15H2,(H,27,31)(H,28,30)/t24-/m0/s1. The molecule has 3 rings (SSSR count). The van der Waals surface area contributed by atoms with Gasteiger partial charge in [0.25, 0.3) is 0 Å². The first-order valence-corrected chi connectivity index (χ1v) is 12.8. The van der Waals surface area contributed by atoms with Gasteiger partial charge in [0.1, 0.15) is 6.04 Å². The summed E-state index contributed by atoms with van der Waals surface area (Å²) in [7, 11) is -3.96. The van der Waals surface area contributed by atoms with Crippen LogP contribution in [0.2, 0.25) is 0 Å². The lowest BCUT2D eigenvalue weighted by molar-refractivity contribution is -0.129. The number of nitrogens with one attached hydrogen (secondary N) is 3. The van der Waals surface area contributed by atoms with E-state index in [1.54, 1.807) is 41.9 Å². The molecule has 8 nitrogen and oxygen atoms in total. The Hall–Kier alpha value is -3.53. The largest absolute Gasteiger partial charge is 0.325 e. The maximum absolute atomic E-state index is 13.1. The molecule has 4 N–H and O–H groups in total. The van der Waals surface area contributed by atoms with E-state index in [1.807, 2.05) is 36.4 Å². The summed E-state index contributed by atoms with van der Waals surface area (Å²) in [4.78, 5) is 24.2. The fraction of sp³-hybridized carbons (Fsp3) is 0.231. The van der Waals surface area contributed by atoms with E-state index < -0.39 is 27.9 Å². The molecule has 184 valence electrons. The van der Waals surface area contributed by atoms with Crippen LogP contribution in [0.3, 0.4) is 0 Å². The van der Waals surface area contributed by atoms with Crippen molar-refractivity contribution in [1.82, 2.24) is 10.2 Å². The van der Waals surface area contributed by atoms with E-state index >= 15 is 0 Å². The van der Waals surface area contributed by atoms with Crippen LogP contribution in [0.4, 0.5) is 5.69 Å². The topological polar surface area (TPSA) is 125 Å². The van der Waals surface area contributed by atoms with Crippen molar-refractivity contribution < 1.29 is 23.2 Å². The van der Waals surface area contributed by atoms with Gasteiger partial charge in [0, 0.05) is 12.1 Å². The average molecular weight is 496 g/mol. The molecule has 0 fully saturated rings. The molecule has 0 saturated heterocycles. The molecule has 0 aliphatic rings. The van der Waals surface area contributed by atoms with E-state index in [0.717, 1.165) is 11.1 Å². The van der Waals surface area contributed by atoms with Crippen molar-refractivity contribution in [1.29, 1.82) is 0 Å². The first-order valence-electron chi connectivity index (χ1n) is 11.4. The number of benzene rings is 3. The molecule has 9 heteroatoms. The van der Waals surface area contributed by atoms with Gasteiger partial charge in [-0.25, -0.2) is 13.9 Å². The number of rotatable bonds is 12. The number of carbonyl (C=O) groups excluding carboxylic acids is 2. The van der Waals surface area contributed by atoms with Crippen LogP contribution in [0.15, 0.2) is 89.8 Å². The zero-order chi connectivity index (χ0) is 25.1. The SMILES string of the molecule is O=C(CCCCC[C@H](NS(=O)(=O)c1ccc(-c2ccccc2)cc1)C(=O)Nc1ccccc1)NO. The summed E-state index contributed by atoms with van der Waals surface area (Å²) in [5, 5.41) is 11.3. The summed E-state index contributed by atoms with van der Waals surface area (Å²) in [5.74, 6) is -0.947. The Bertz CT molecular complexity index is 1200. The van der Waals surface area contributed by atoms with E-state index in [4.69, 9.17) is 5.21 Å². The molecular weight excluding hydrogens is 466 g/mol. The van der Waals surface area contributed by atoms with Gasteiger partial charge in [-0.1, -0.05) is 73.5 Å². The van der Waals surface area contributed by atoms with Crippen molar-refractivity contribution in [2.45, 2.75) is 43.0 Å². The molecule has 0 aromatic heterocycles. The van der Waals surface area contributed by atoms with E-state index in [1.165, 1.54) is 12.1 Å². The van der Waals surface area contributed by atoms with Gasteiger partial charge in [-0.3, -0.25) is 14.8 Å². The van der Waals surface area contributed by atoms with Gasteiger partial charge in [0.15, 0.2) is 0 Å². The highest BCUT2D eigenvalue weighted by atomic mass is 32.2. The molecule has 35 heavy (non-hydrogen) atoms. The monoisotopic (exact) mass is 495 g/mol. The van der Waals surface area contributed by atoms with Gasteiger partial charge in [-0.2, -0.15) is 4.72 Å². The number of carbonyl (C=O) groups is 2. The Morgan fingerprint density at radius 2 is 1.37 bits per heavy atom. The van der Waals surface area contributed by atoms with E-state index in [9.17, 15) is 18.0 Å². The number of anilines is 1. The van der Waals surface area contributed by atoms with Gasteiger partial charge in [-0.15, -0.1) is 0 Å². The molecular formula is C26H29N3O5S. The number of sulfonamides is 1. The van der Waals surface area contributed by atoms with Crippen molar-refractivity contribution in [3.05, 3.63) is 84.9 Å². The summed E-state index contributed by atoms with van der Waals surface area (Å²) in [6, 6.07) is 23.9. The summed E-state index contributed by atoms with van der Waals surface area (Å²) >= 11 is 0. The molecule has 0 aliphatic heterocycles. The van der Waals surface area contributed by atoms with Crippen LogP contribution < -0.4 is 15.5 Å². The first kappa shape index (κ1) is 26.1. The van der Waals surface area contributed by atoms with Gasteiger partial charge in [0.05, 0.1) is 4.90 Å². The van der Waals surface area contributed by atoms with Crippen LogP contribution >= 0.6 is 0 Å². The van der Waals surface area contributed by atoms with E-state index in [-0.39, 0.29) is 17.7 Å². The first-order chi connectivity index (χ1) is 16.9. The summed E-state index contributed by atoms with van der Waals surface area (Å²) < 4.78 is 28.7. The zero-order valence-corrected chi connectivity index (χ0v) is 20.0. The molecule has 0 heterocycles. The second kappa shape index (κ2) is 12.8.